The zero-order valence-corrected chi connectivity index (χ0v) is 9.18. The van der Waals surface area contributed by atoms with Gasteiger partial charge in [-0.3, -0.25) is 0 Å². The topological polar surface area (TPSA) is 63.8 Å². The van der Waals surface area contributed by atoms with Gasteiger partial charge in [0.15, 0.2) is 0 Å². The molecular weight excluding hydrogens is 212 g/mol. The van der Waals surface area contributed by atoms with Gasteiger partial charge in [0.25, 0.3) is 0 Å². The number of aliphatic hydroxyl groups is 1. The molecule has 0 aliphatic heterocycles. The summed E-state index contributed by atoms with van der Waals surface area (Å²) in [5.41, 5.74) is 0.701. The van der Waals surface area contributed by atoms with Gasteiger partial charge in [-0.15, -0.1) is 16.4 Å². The highest BCUT2D eigenvalue weighted by Gasteiger charge is 2.17. The smallest absolute Gasteiger partial charge is 0.149 e. The van der Waals surface area contributed by atoms with Crippen molar-refractivity contribution in [2.24, 2.45) is 0 Å². The van der Waals surface area contributed by atoms with Crippen LogP contribution in [0.2, 0.25) is 0 Å². The summed E-state index contributed by atoms with van der Waals surface area (Å²) in [4.78, 5) is 4.07. The molecule has 2 heterocycles. The van der Waals surface area contributed by atoms with Crippen molar-refractivity contribution in [1.29, 1.82) is 0 Å². The molecule has 0 spiro atoms. The monoisotopic (exact) mass is 224 g/mol. The molecule has 1 N–H and O–H groups in total. The summed E-state index contributed by atoms with van der Waals surface area (Å²) < 4.78 is 1.71. The first-order valence-corrected chi connectivity index (χ1v) is 5.66. The molecule has 0 saturated carbocycles. The summed E-state index contributed by atoms with van der Waals surface area (Å²) in [6, 6.07) is 0. The SMILES string of the molecule is CCCn1nncc1C(O)c1nccs1. The van der Waals surface area contributed by atoms with E-state index in [1.54, 1.807) is 17.1 Å². The molecule has 5 nitrogen and oxygen atoms in total. The van der Waals surface area contributed by atoms with Gasteiger partial charge in [-0.25, -0.2) is 9.67 Å². The second kappa shape index (κ2) is 4.50. The molecule has 6 heteroatoms. The van der Waals surface area contributed by atoms with E-state index in [4.69, 9.17) is 0 Å². The first kappa shape index (κ1) is 10.3. The van der Waals surface area contributed by atoms with Crippen LogP contribution in [-0.2, 0) is 6.54 Å². The molecule has 1 atom stereocenters. The van der Waals surface area contributed by atoms with Gasteiger partial charge in [0, 0.05) is 18.1 Å². The molecule has 0 aliphatic carbocycles. The highest BCUT2D eigenvalue weighted by Crippen LogP contribution is 2.22. The molecule has 0 fully saturated rings. The lowest BCUT2D eigenvalue weighted by molar-refractivity contribution is 0.207. The van der Waals surface area contributed by atoms with E-state index in [9.17, 15) is 5.11 Å². The Kier molecular flexibility index (Phi) is 3.08. The Labute approximate surface area is 91.4 Å². The largest absolute Gasteiger partial charge is 0.379 e. The number of aryl methyl sites for hydroxylation is 1. The summed E-state index contributed by atoms with van der Waals surface area (Å²) in [5, 5.41) is 20.3. The fraction of sp³-hybridized carbons (Fsp3) is 0.444. The van der Waals surface area contributed by atoms with Gasteiger partial charge in [0.2, 0.25) is 0 Å². The molecule has 2 aromatic rings. The van der Waals surface area contributed by atoms with Crippen LogP contribution in [0.25, 0.3) is 0 Å². The van der Waals surface area contributed by atoms with E-state index < -0.39 is 6.10 Å². The molecule has 0 bridgehead atoms. The van der Waals surface area contributed by atoms with Crippen LogP contribution in [0.4, 0.5) is 0 Å². The minimum Gasteiger partial charge on any atom is -0.379 e. The van der Waals surface area contributed by atoms with Crippen molar-refractivity contribution in [3.05, 3.63) is 28.5 Å². The molecule has 2 aromatic heterocycles. The third-order valence-electron chi connectivity index (χ3n) is 2.05. The van der Waals surface area contributed by atoms with E-state index in [2.05, 4.69) is 22.2 Å². The second-order valence-electron chi connectivity index (χ2n) is 3.15. The molecule has 0 aromatic carbocycles. The lowest BCUT2D eigenvalue weighted by Gasteiger charge is -2.08. The molecule has 80 valence electrons. The molecular formula is C9H12N4OS. The van der Waals surface area contributed by atoms with Crippen LogP contribution in [0.3, 0.4) is 0 Å². The Bertz CT molecular complexity index is 411. The maximum absolute atomic E-state index is 10.0. The Balaban J connectivity index is 2.25. The zero-order chi connectivity index (χ0) is 10.7. The number of aliphatic hydroxyl groups excluding tert-OH is 1. The van der Waals surface area contributed by atoms with Gasteiger partial charge < -0.3 is 5.11 Å². The number of hydrogen-bond acceptors (Lipinski definition) is 5. The molecule has 1 unspecified atom stereocenters. The van der Waals surface area contributed by atoms with E-state index in [1.165, 1.54) is 11.3 Å². The minimum atomic E-state index is -0.716. The first-order chi connectivity index (χ1) is 7.33. The van der Waals surface area contributed by atoms with Crippen molar-refractivity contribution in [3.8, 4) is 0 Å². The highest BCUT2D eigenvalue weighted by atomic mass is 32.1. The van der Waals surface area contributed by atoms with Gasteiger partial charge >= 0.3 is 0 Å². The number of rotatable bonds is 4. The van der Waals surface area contributed by atoms with Gasteiger partial charge in [-0.2, -0.15) is 0 Å². The van der Waals surface area contributed by atoms with Crippen LogP contribution in [0, 0.1) is 0 Å². The Morgan fingerprint density at radius 3 is 3.13 bits per heavy atom. The van der Waals surface area contributed by atoms with E-state index in [0.29, 0.717) is 10.7 Å². The van der Waals surface area contributed by atoms with Gasteiger partial charge in [0.1, 0.15) is 11.1 Å². The highest BCUT2D eigenvalue weighted by molar-refractivity contribution is 7.09. The average Bonchev–Trinajstić information content (AvgIpc) is 2.87. The maximum Gasteiger partial charge on any atom is 0.149 e. The lowest BCUT2D eigenvalue weighted by atomic mass is 10.3. The molecule has 0 aliphatic rings. The summed E-state index contributed by atoms with van der Waals surface area (Å²) in [7, 11) is 0. The fourth-order valence-corrected chi connectivity index (χ4v) is 1.99. The number of nitrogens with zero attached hydrogens (tertiary/aromatic N) is 4. The van der Waals surface area contributed by atoms with Crippen LogP contribution in [0.15, 0.2) is 17.8 Å². The van der Waals surface area contributed by atoms with Gasteiger partial charge in [0.05, 0.1) is 11.9 Å². The van der Waals surface area contributed by atoms with Crippen molar-refractivity contribution in [2.75, 3.05) is 0 Å². The standard InChI is InChI=1S/C9H12N4OS/c1-2-4-13-7(6-11-12-13)8(14)9-10-3-5-15-9/h3,5-6,8,14H,2,4H2,1H3. The summed E-state index contributed by atoms with van der Waals surface area (Å²) in [6.45, 7) is 2.82. The normalized spacial score (nSPS) is 12.9. The fourth-order valence-electron chi connectivity index (χ4n) is 1.36. The van der Waals surface area contributed by atoms with Crippen LogP contribution < -0.4 is 0 Å². The number of hydrogen-bond donors (Lipinski definition) is 1. The van der Waals surface area contributed by atoms with Crippen molar-refractivity contribution in [3.63, 3.8) is 0 Å². The molecule has 2 rings (SSSR count). The summed E-state index contributed by atoms with van der Waals surface area (Å²) in [6.07, 6.45) is 3.51. The van der Waals surface area contributed by atoms with E-state index in [1.807, 2.05) is 5.38 Å². The van der Waals surface area contributed by atoms with Crippen molar-refractivity contribution >= 4 is 11.3 Å². The molecule has 0 saturated heterocycles. The zero-order valence-electron chi connectivity index (χ0n) is 8.37. The van der Waals surface area contributed by atoms with E-state index in [0.717, 1.165) is 13.0 Å². The van der Waals surface area contributed by atoms with E-state index in [-0.39, 0.29) is 0 Å². The van der Waals surface area contributed by atoms with Crippen LogP contribution in [0.1, 0.15) is 30.2 Å². The Hall–Kier alpha value is -1.27. The predicted octanol–water partition coefficient (Wildman–Crippen LogP) is 1.23. The number of aromatic nitrogens is 4. The summed E-state index contributed by atoms with van der Waals surface area (Å²) >= 11 is 1.43. The third kappa shape index (κ3) is 2.05. The minimum absolute atomic E-state index is 0.676. The third-order valence-corrected chi connectivity index (χ3v) is 2.88. The molecule has 0 amide bonds. The molecule has 0 radical (unpaired) electrons. The molecule has 15 heavy (non-hydrogen) atoms. The van der Waals surface area contributed by atoms with Crippen LogP contribution >= 0.6 is 11.3 Å². The van der Waals surface area contributed by atoms with Gasteiger partial charge in [-0.05, 0) is 6.42 Å². The Morgan fingerprint density at radius 2 is 2.47 bits per heavy atom. The average molecular weight is 224 g/mol. The van der Waals surface area contributed by atoms with Crippen molar-refractivity contribution in [2.45, 2.75) is 26.0 Å². The predicted molar refractivity (Wildman–Crippen MR) is 56.5 cm³/mol. The van der Waals surface area contributed by atoms with E-state index >= 15 is 0 Å². The summed E-state index contributed by atoms with van der Waals surface area (Å²) in [5.74, 6) is 0. The van der Waals surface area contributed by atoms with Crippen LogP contribution in [-0.4, -0.2) is 25.1 Å². The first-order valence-electron chi connectivity index (χ1n) is 4.78. The maximum atomic E-state index is 10.0. The second-order valence-corrected chi connectivity index (χ2v) is 4.08. The quantitative estimate of drug-likeness (QED) is 0.848. The van der Waals surface area contributed by atoms with Crippen molar-refractivity contribution < 1.29 is 5.11 Å². The lowest BCUT2D eigenvalue weighted by Crippen LogP contribution is -2.09. The Morgan fingerprint density at radius 1 is 1.60 bits per heavy atom. The van der Waals surface area contributed by atoms with Gasteiger partial charge in [-0.1, -0.05) is 12.1 Å². The van der Waals surface area contributed by atoms with Crippen LogP contribution in [0.5, 0.6) is 0 Å². The number of thiazole rings is 1. The van der Waals surface area contributed by atoms with Crippen molar-refractivity contribution in [1.82, 2.24) is 20.0 Å².